The standard InChI is InChI=1S/C10H8ClNO2/c1-12-10(13)8-5-6-3-2-4-7(11)9(6)14-8/h2-5H,1H3,(H,12,13). The Morgan fingerprint density at radius 2 is 2.29 bits per heavy atom. The number of fused-ring (bicyclic) bond motifs is 1. The number of amides is 1. The van der Waals surface area contributed by atoms with Crippen LogP contribution in [0.2, 0.25) is 5.02 Å². The minimum absolute atomic E-state index is 0.253. The zero-order chi connectivity index (χ0) is 10.1. The van der Waals surface area contributed by atoms with Crippen molar-refractivity contribution < 1.29 is 9.21 Å². The molecule has 0 aliphatic heterocycles. The molecule has 0 atom stereocenters. The number of carbonyl (C=O) groups excluding carboxylic acids is 1. The van der Waals surface area contributed by atoms with E-state index in [1.54, 1.807) is 19.2 Å². The van der Waals surface area contributed by atoms with Crippen LogP contribution >= 0.6 is 11.6 Å². The van der Waals surface area contributed by atoms with Crippen molar-refractivity contribution >= 4 is 28.5 Å². The first-order valence-electron chi connectivity index (χ1n) is 4.12. The quantitative estimate of drug-likeness (QED) is 0.784. The van der Waals surface area contributed by atoms with Gasteiger partial charge >= 0.3 is 0 Å². The molecule has 3 nitrogen and oxygen atoms in total. The molecule has 4 heteroatoms. The van der Waals surface area contributed by atoms with E-state index in [9.17, 15) is 4.79 Å². The largest absolute Gasteiger partial charge is 0.449 e. The Kier molecular flexibility index (Phi) is 2.17. The van der Waals surface area contributed by atoms with Crippen molar-refractivity contribution in [2.24, 2.45) is 0 Å². The van der Waals surface area contributed by atoms with E-state index in [1.165, 1.54) is 0 Å². The van der Waals surface area contributed by atoms with Crippen LogP contribution in [0.3, 0.4) is 0 Å². The minimum Gasteiger partial charge on any atom is -0.449 e. The Hall–Kier alpha value is -1.48. The SMILES string of the molecule is CNC(=O)c1cc2cccc(Cl)c2o1. The number of halogens is 1. The number of rotatable bonds is 1. The zero-order valence-corrected chi connectivity index (χ0v) is 8.26. The number of carbonyl (C=O) groups is 1. The summed E-state index contributed by atoms with van der Waals surface area (Å²) in [7, 11) is 1.55. The highest BCUT2D eigenvalue weighted by molar-refractivity contribution is 6.34. The summed E-state index contributed by atoms with van der Waals surface area (Å²) < 4.78 is 5.31. The van der Waals surface area contributed by atoms with Gasteiger partial charge in [-0.1, -0.05) is 23.7 Å². The topological polar surface area (TPSA) is 42.2 Å². The summed E-state index contributed by atoms with van der Waals surface area (Å²) in [5.41, 5.74) is 0.549. The van der Waals surface area contributed by atoms with E-state index < -0.39 is 0 Å². The van der Waals surface area contributed by atoms with Crippen molar-refractivity contribution in [3.63, 3.8) is 0 Å². The molecule has 1 aromatic carbocycles. The summed E-state index contributed by atoms with van der Waals surface area (Å²) in [6.45, 7) is 0. The van der Waals surface area contributed by atoms with Crippen molar-refractivity contribution in [3.8, 4) is 0 Å². The molecular formula is C10H8ClNO2. The monoisotopic (exact) mass is 209 g/mol. The molecule has 0 saturated carbocycles. The lowest BCUT2D eigenvalue weighted by Crippen LogP contribution is -2.16. The van der Waals surface area contributed by atoms with E-state index in [4.69, 9.17) is 16.0 Å². The Morgan fingerprint density at radius 3 is 2.93 bits per heavy atom. The number of para-hydroxylation sites is 1. The number of hydrogen-bond donors (Lipinski definition) is 1. The third-order valence-corrected chi connectivity index (χ3v) is 2.24. The van der Waals surface area contributed by atoms with Crippen LogP contribution in [0, 0.1) is 0 Å². The number of furan rings is 1. The van der Waals surface area contributed by atoms with Crippen molar-refractivity contribution in [2.75, 3.05) is 7.05 Å². The van der Waals surface area contributed by atoms with Crippen LogP contribution in [0.4, 0.5) is 0 Å². The molecule has 1 heterocycles. The van der Waals surface area contributed by atoms with Crippen LogP contribution in [0.5, 0.6) is 0 Å². The van der Waals surface area contributed by atoms with Gasteiger partial charge in [-0.3, -0.25) is 4.79 Å². The van der Waals surface area contributed by atoms with Crippen LogP contribution in [0.25, 0.3) is 11.0 Å². The van der Waals surface area contributed by atoms with Gasteiger partial charge in [0.05, 0.1) is 5.02 Å². The predicted molar refractivity (Wildman–Crippen MR) is 54.6 cm³/mol. The first-order valence-corrected chi connectivity index (χ1v) is 4.50. The Morgan fingerprint density at radius 1 is 1.50 bits per heavy atom. The molecule has 0 unspecified atom stereocenters. The molecule has 0 aliphatic carbocycles. The van der Waals surface area contributed by atoms with E-state index in [0.717, 1.165) is 5.39 Å². The third-order valence-electron chi connectivity index (χ3n) is 1.95. The van der Waals surface area contributed by atoms with E-state index in [1.807, 2.05) is 12.1 Å². The Bertz CT molecular complexity index is 490. The fourth-order valence-corrected chi connectivity index (χ4v) is 1.48. The second-order valence-corrected chi connectivity index (χ2v) is 3.26. The highest BCUT2D eigenvalue weighted by Crippen LogP contribution is 2.26. The van der Waals surface area contributed by atoms with E-state index in [2.05, 4.69) is 5.32 Å². The minimum atomic E-state index is -0.253. The first-order chi connectivity index (χ1) is 6.72. The molecule has 2 aromatic rings. The molecular weight excluding hydrogens is 202 g/mol. The zero-order valence-electron chi connectivity index (χ0n) is 7.50. The number of hydrogen-bond acceptors (Lipinski definition) is 2. The molecule has 0 radical (unpaired) electrons. The van der Waals surface area contributed by atoms with Crippen LogP contribution in [0.1, 0.15) is 10.6 Å². The summed E-state index contributed by atoms with van der Waals surface area (Å²) in [5, 5.41) is 3.83. The van der Waals surface area contributed by atoms with Gasteiger partial charge in [0.25, 0.3) is 5.91 Å². The van der Waals surface area contributed by atoms with Crippen molar-refractivity contribution in [1.82, 2.24) is 5.32 Å². The van der Waals surface area contributed by atoms with Crippen LogP contribution in [-0.4, -0.2) is 13.0 Å². The fraction of sp³-hybridized carbons (Fsp3) is 0.100. The average Bonchev–Trinajstić information content (AvgIpc) is 2.62. The normalized spacial score (nSPS) is 10.4. The predicted octanol–water partition coefficient (Wildman–Crippen LogP) is 2.45. The molecule has 1 amide bonds. The molecule has 0 bridgehead atoms. The van der Waals surface area contributed by atoms with Crippen LogP contribution in [0.15, 0.2) is 28.7 Å². The van der Waals surface area contributed by atoms with Crippen molar-refractivity contribution in [2.45, 2.75) is 0 Å². The van der Waals surface area contributed by atoms with Gasteiger partial charge in [0.1, 0.15) is 0 Å². The van der Waals surface area contributed by atoms with Crippen LogP contribution < -0.4 is 5.32 Å². The summed E-state index contributed by atoms with van der Waals surface area (Å²) in [6.07, 6.45) is 0. The summed E-state index contributed by atoms with van der Waals surface area (Å²) in [5.74, 6) is 0.0212. The fourth-order valence-electron chi connectivity index (χ4n) is 1.26. The lowest BCUT2D eigenvalue weighted by atomic mass is 10.2. The maximum Gasteiger partial charge on any atom is 0.286 e. The smallest absolute Gasteiger partial charge is 0.286 e. The van der Waals surface area contributed by atoms with Gasteiger partial charge in [0.15, 0.2) is 11.3 Å². The van der Waals surface area contributed by atoms with Gasteiger partial charge in [-0.2, -0.15) is 0 Å². The van der Waals surface area contributed by atoms with E-state index >= 15 is 0 Å². The molecule has 1 N–H and O–H groups in total. The molecule has 0 saturated heterocycles. The second-order valence-electron chi connectivity index (χ2n) is 2.85. The van der Waals surface area contributed by atoms with Gasteiger partial charge in [-0.15, -0.1) is 0 Å². The molecule has 14 heavy (non-hydrogen) atoms. The van der Waals surface area contributed by atoms with Gasteiger partial charge in [0, 0.05) is 12.4 Å². The number of nitrogens with one attached hydrogen (secondary N) is 1. The maximum absolute atomic E-state index is 11.2. The molecule has 2 rings (SSSR count). The summed E-state index contributed by atoms with van der Waals surface area (Å²) in [6, 6.07) is 7.05. The second kappa shape index (κ2) is 3.35. The van der Waals surface area contributed by atoms with Gasteiger partial charge in [-0.05, 0) is 12.1 Å². The molecule has 0 spiro atoms. The van der Waals surface area contributed by atoms with Crippen molar-refractivity contribution in [3.05, 3.63) is 35.0 Å². The van der Waals surface area contributed by atoms with E-state index in [-0.39, 0.29) is 11.7 Å². The average molecular weight is 210 g/mol. The first kappa shape index (κ1) is 9.09. The third kappa shape index (κ3) is 1.36. The van der Waals surface area contributed by atoms with Gasteiger partial charge in [0.2, 0.25) is 0 Å². The number of benzene rings is 1. The summed E-state index contributed by atoms with van der Waals surface area (Å²) >= 11 is 5.89. The Balaban J connectivity index is 2.62. The molecule has 72 valence electrons. The maximum atomic E-state index is 11.2. The highest BCUT2D eigenvalue weighted by atomic mass is 35.5. The lowest BCUT2D eigenvalue weighted by molar-refractivity contribution is 0.0938. The van der Waals surface area contributed by atoms with Gasteiger partial charge in [-0.25, -0.2) is 0 Å². The molecule has 0 fully saturated rings. The van der Waals surface area contributed by atoms with Crippen LogP contribution in [-0.2, 0) is 0 Å². The summed E-state index contributed by atoms with van der Waals surface area (Å²) in [4.78, 5) is 11.2. The lowest BCUT2D eigenvalue weighted by Gasteiger charge is -1.92. The van der Waals surface area contributed by atoms with Gasteiger partial charge < -0.3 is 9.73 Å². The molecule has 1 aromatic heterocycles. The Labute approximate surface area is 85.7 Å². The highest BCUT2D eigenvalue weighted by Gasteiger charge is 2.11. The molecule has 0 aliphatic rings. The van der Waals surface area contributed by atoms with Crippen molar-refractivity contribution in [1.29, 1.82) is 0 Å². The van der Waals surface area contributed by atoms with E-state index in [0.29, 0.717) is 10.6 Å².